The van der Waals surface area contributed by atoms with E-state index < -0.39 is 0 Å². The highest BCUT2D eigenvalue weighted by molar-refractivity contribution is 8.01. The fraction of sp³-hybridized carbons (Fsp3) is 0.167. The Kier molecular flexibility index (Phi) is 11.6. The SMILES string of the molecule is CCOC(=O)Cc1c(C(=O)c2ccc(Cl)cc2)sc(SC/C=C/c2ccccc2)c1-[n+]1ccc(C)cc1.[I-]. The third-order valence-corrected chi connectivity index (χ3v) is 8.25. The number of thiophene rings is 1. The number of hydrogen-bond donors (Lipinski definition) is 0. The summed E-state index contributed by atoms with van der Waals surface area (Å²) in [6, 6.07) is 21.0. The maximum absolute atomic E-state index is 13.7. The molecule has 0 unspecified atom stereocenters. The molecule has 0 spiro atoms. The number of ketones is 1. The first-order chi connectivity index (χ1) is 18.0. The van der Waals surface area contributed by atoms with Crippen molar-refractivity contribution < 1.29 is 42.9 Å². The zero-order valence-corrected chi connectivity index (χ0v) is 25.6. The number of aryl methyl sites for hydroxylation is 1. The molecule has 2 aromatic heterocycles. The largest absolute Gasteiger partial charge is 1.00 e. The second kappa shape index (κ2) is 14.6. The molecule has 0 fully saturated rings. The molecular formula is C30H27ClINO3S2. The Bertz CT molecular complexity index is 1400. The maximum atomic E-state index is 13.7. The van der Waals surface area contributed by atoms with Crippen LogP contribution in [0.15, 0.2) is 89.4 Å². The van der Waals surface area contributed by atoms with Crippen LogP contribution in [0.5, 0.6) is 0 Å². The van der Waals surface area contributed by atoms with Crippen LogP contribution in [0.2, 0.25) is 5.02 Å². The zero-order valence-electron chi connectivity index (χ0n) is 21.0. The summed E-state index contributed by atoms with van der Waals surface area (Å²) in [6.07, 6.45) is 8.13. The van der Waals surface area contributed by atoms with Crippen molar-refractivity contribution >= 4 is 52.5 Å². The molecule has 0 radical (unpaired) electrons. The van der Waals surface area contributed by atoms with Gasteiger partial charge in [-0.15, -0.1) is 23.1 Å². The molecule has 0 amide bonds. The van der Waals surface area contributed by atoms with Gasteiger partial charge in [-0.05, 0) is 49.2 Å². The van der Waals surface area contributed by atoms with Crippen LogP contribution >= 0.6 is 34.7 Å². The van der Waals surface area contributed by atoms with Gasteiger partial charge < -0.3 is 28.7 Å². The second-order valence-electron chi connectivity index (χ2n) is 8.27. The van der Waals surface area contributed by atoms with Crippen LogP contribution in [0.25, 0.3) is 11.8 Å². The van der Waals surface area contributed by atoms with E-state index in [4.69, 9.17) is 16.3 Å². The third-order valence-electron chi connectivity index (χ3n) is 5.56. The normalized spacial score (nSPS) is 10.8. The molecule has 0 saturated carbocycles. The smallest absolute Gasteiger partial charge is 0.310 e. The number of thioether (sulfide) groups is 1. The molecule has 2 heterocycles. The van der Waals surface area contributed by atoms with E-state index in [9.17, 15) is 9.59 Å². The van der Waals surface area contributed by atoms with Crippen LogP contribution in [0, 0.1) is 6.92 Å². The lowest BCUT2D eigenvalue weighted by Crippen LogP contribution is -3.00. The van der Waals surface area contributed by atoms with Gasteiger partial charge in [0.15, 0.2) is 12.4 Å². The van der Waals surface area contributed by atoms with E-state index in [1.54, 1.807) is 43.0 Å². The van der Waals surface area contributed by atoms with E-state index in [0.717, 1.165) is 21.0 Å². The lowest BCUT2D eigenvalue weighted by atomic mass is 10.0. The number of nitrogens with zero attached hydrogens (tertiary/aromatic N) is 1. The molecule has 0 bridgehead atoms. The molecule has 4 nitrogen and oxygen atoms in total. The van der Waals surface area contributed by atoms with Crippen molar-refractivity contribution in [3.8, 4) is 5.69 Å². The molecule has 38 heavy (non-hydrogen) atoms. The van der Waals surface area contributed by atoms with Crippen molar-refractivity contribution in [1.29, 1.82) is 0 Å². The van der Waals surface area contributed by atoms with Gasteiger partial charge in [0, 0.05) is 28.5 Å². The molecular weight excluding hydrogens is 649 g/mol. The summed E-state index contributed by atoms with van der Waals surface area (Å²) >= 11 is 9.11. The van der Waals surface area contributed by atoms with E-state index in [1.165, 1.54) is 11.3 Å². The average Bonchev–Trinajstić information content (AvgIpc) is 3.25. The zero-order chi connectivity index (χ0) is 26.2. The van der Waals surface area contributed by atoms with E-state index in [-0.39, 0.29) is 48.8 Å². The van der Waals surface area contributed by atoms with Crippen molar-refractivity contribution in [3.05, 3.63) is 117 Å². The summed E-state index contributed by atoms with van der Waals surface area (Å²) in [5.74, 6) is 0.212. The fourth-order valence-corrected chi connectivity index (χ4v) is 6.29. The summed E-state index contributed by atoms with van der Waals surface area (Å²) in [7, 11) is 0. The fourth-order valence-electron chi connectivity index (χ4n) is 3.75. The number of aromatic nitrogens is 1. The number of carbonyl (C=O) groups is 2. The van der Waals surface area contributed by atoms with Crippen molar-refractivity contribution in [2.24, 2.45) is 0 Å². The Morgan fingerprint density at radius 1 is 1.03 bits per heavy atom. The number of rotatable bonds is 10. The first-order valence-electron chi connectivity index (χ1n) is 11.9. The number of ether oxygens (including phenoxy) is 1. The summed E-state index contributed by atoms with van der Waals surface area (Å²) in [4.78, 5) is 26.9. The minimum absolute atomic E-state index is 0. The lowest BCUT2D eigenvalue weighted by molar-refractivity contribution is -0.598. The third kappa shape index (κ3) is 7.79. The Hall–Kier alpha value is -2.46. The summed E-state index contributed by atoms with van der Waals surface area (Å²) in [6.45, 7) is 4.08. The predicted octanol–water partition coefficient (Wildman–Crippen LogP) is 4.13. The van der Waals surface area contributed by atoms with Crippen molar-refractivity contribution in [1.82, 2.24) is 0 Å². The minimum Gasteiger partial charge on any atom is -1.00 e. The number of benzene rings is 2. The number of carbonyl (C=O) groups excluding carboxylic acids is 2. The van der Waals surface area contributed by atoms with Gasteiger partial charge in [0.1, 0.15) is 4.21 Å². The highest BCUT2D eigenvalue weighted by Gasteiger charge is 2.31. The molecule has 196 valence electrons. The average molecular weight is 676 g/mol. The molecule has 0 saturated heterocycles. The number of hydrogen-bond acceptors (Lipinski definition) is 5. The van der Waals surface area contributed by atoms with Gasteiger partial charge in [-0.1, -0.05) is 54.1 Å². The van der Waals surface area contributed by atoms with Crippen molar-refractivity contribution in [2.75, 3.05) is 12.4 Å². The molecule has 4 aromatic rings. The lowest BCUT2D eigenvalue weighted by Gasteiger charge is -2.06. The quantitative estimate of drug-likeness (QED) is 0.0835. The standard InChI is InChI=1S/C30H27ClNO3S2.HI/c1-3-35-26(33)20-25-27(32-17-15-21(2)16-18-32)30(36-19-7-10-22-8-5-4-6-9-22)37-29(25)28(34)23-11-13-24(31)14-12-23;/h4-18H,3,19-20H2,1-2H3;1H/q+1;/p-1/b10-7+;. The number of halogens is 2. The van der Waals surface area contributed by atoms with Crippen LogP contribution in [0.1, 0.15) is 38.8 Å². The van der Waals surface area contributed by atoms with E-state index in [0.29, 0.717) is 26.8 Å². The Morgan fingerprint density at radius 2 is 1.71 bits per heavy atom. The van der Waals surface area contributed by atoms with Gasteiger partial charge in [-0.2, -0.15) is 4.57 Å². The van der Waals surface area contributed by atoms with Crippen LogP contribution in [-0.4, -0.2) is 24.1 Å². The van der Waals surface area contributed by atoms with Crippen LogP contribution in [-0.2, 0) is 16.0 Å². The predicted molar refractivity (Wildman–Crippen MR) is 152 cm³/mol. The Morgan fingerprint density at radius 3 is 2.37 bits per heavy atom. The maximum Gasteiger partial charge on any atom is 0.310 e. The van der Waals surface area contributed by atoms with E-state index >= 15 is 0 Å². The monoisotopic (exact) mass is 675 g/mol. The molecule has 0 aliphatic rings. The van der Waals surface area contributed by atoms with Crippen molar-refractivity contribution in [3.63, 3.8) is 0 Å². The molecule has 2 aromatic carbocycles. The first-order valence-corrected chi connectivity index (χ1v) is 14.1. The molecule has 0 aliphatic heterocycles. The van der Waals surface area contributed by atoms with Crippen LogP contribution in [0.3, 0.4) is 0 Å². The Labute approximate surface area is 253 Å². The summed E-state index contributed by atoms with van der Waals surface area (Å²) in [5, 5.41) is 0.562. The van der Waals surface area contributed by atoms with Gasteiger partial charge in [0.25, 0.3) is 0 Å². The van der Waals surface area contributed by atoms with Gasteiger partial charge >= 0.3 is 5.97 Å². The van der Waals surface area contributed by atoms with Crippen LogP contribution < -0.4 is 28.5 Å². The topological polar surface area (TPSA) is 47.3 Å². The van der Waals surface area contributed by atoms with Crippen LogP contribution in [0.4, 0.5) is 0 Å². The highest BCUT2D eigenvalue weighted by Crippen LogP contribution is 2.38. The van der Waals surface area contributed by atoms with Crippen molar-refractivity contribution in [2.45, 2.75) is 24.5 Å². The molecule has 4 rings (SSSR count). The first kappa shape index (κ1) is 30.1. The van der Waals surface area contributed by atoms with Gasteiger partial charge in [-0.3, -0.25) is 9.59 Å². The molecule has 0 N–H and O–H groups in total. The van der Waals surface area contributed by atoms with E-state index in [1.807, 2.05) is 54.2 Å². The minimum atomic E-state index is -0.361. The summed E-state index contributed by atoms with van der Waals surface area (Å²) in [5.41, 5.74) is 4.29. The Balaban J connectivity index is 0.00000400. The highest BCUT2D eigenvalue weighted by atomic mass is 127. The molecule has 0 atom stereocenters. The van der Waals surface area contributed by atoms with Gasteiger partial charge in [-0.25, -0.2) is 0 Å². The molecule has 0 aliphatic carbocycles. The van der Waals surface area contributed by atoms with Gasteiger partial charge in [0.2, 0.25) is 11.5 Å². The summed E-state index contributed by atoms with van der Waals surface area (Å²) < 4.78 is 8.23. The molecule has 8 heteroatoms. The number of esters is 1. The van der Waals surface area contributed by atoms with Gasteiger partial charge in [0.05, 0.1) is 23.5 Å². The second-order valence-corrected chi connectivity index (χ2v) is 11.0. The van der Waals surface area contributed by atoms with E-state index in [2.05, 4.69) is 24.3 Å². The number of pyridine rings is 1.